The van der Waals surface area contributed by atoms with Crippen LogP contribution in [0.1, 0.15) is 28.4 Å². The van der Waals surface area contributed by atoms with Crippen molar-refractivity contribution in [3.8, 4) is 0 Å². The molecule has 2 aromatic rings. The molecule has 122 valence electrons. The van der Waals surface area contributed by atoms with Gasteiger partial charge in [-0.05, 0) is 24.0 Å². The highest BCUT2D eigenvalue weighted by Gasteiger charge is 2.34. The van der Waals surface area contributed by atoms with E-state index in [1.807, 2.05) is 30.3 Å². The summed E-state index contributed by atoms with van der Waals surface area (Å²) in [5, 5.41) is 0. The van der Waals surface area contributed by atoms with Gasteiger partial charge in [0.25, 0.3) is 0 Å². The molecule has 1 N–H and O–H groups in total. The van der Waals surface area contributed by atoms with Gasteiger partial charge in [0.2, 0.25) is 10.0 Å². The number of methoxy groups -OCH3 is 1. The molecule has 1 atom stereocenters. The van der Waals surface area contributed by atoms with Crippen molar-refractivity contribution < 1.29 is 17.9 Å². The van der Waals surface area contributed by atoms with E-state index in [0.29, 0.717) is 13.1 Å². The number of nitrogens with one attached hydrogen (secondary N) is 1. The molecule has 1 aliphatic heterocycles. The van der Waals surface area contributed by atoms with Crippen LogP contribution < -0.4 is 0 Å². The van der Waals surface area contributed by atoms with Gasteiger partial charge in [0, 0.05) is 19.3 Å². The summed E-state index contributed by atoms with van der Waals surface area (Å²) < 4.78 is 31.4. The van der Waals surface area contributed by atoms with Crippen molar-refractivity contribution in [1.82, 2.24) is 9.29 Å². The third-order valence-corrected chi connectivity index (χ3v) is 5.96. The van der Waals surface area contributed by atoms with E-state index >= 15 is 0 Å². The second-order valence-corrected chi connectivity index (χ2v) is 7.44. The molecule has 1 aromatic carbocycles. The largest absolute Gasteiger partial charge is 0.464 e. The summed E-state index contributed by atoms with van der Waals surface area (Å²) in [5.41, 5.74) is 1.28. The lowest BCUT2D eigenvalue weighted by Crippen LogP contribution is -2.28. The highest BCUT2D eigenvalue weighted by atomic mass is 32.2. The van der Waals surface area contributed by atoms with Crippen LogP contribution in [0.5, 0.6) is 0 Å². The van der Waals surface area contributed by atoms with Crippen LogP contribution in [0.2, 0.25) is 0 Å². The fourth-order valence-electron chi connectivity index (χ4n) is 2.84. The first-order valence-electron chi connectivity index (χ1n) is 7.34. The van der Waals surface area contributed by atoms with Crippen molar-refractivity contribution in [1.29, 1.82) is 0 Å². The number of aromatic amines is 1. The van der Waals surface area contributed by atoms with E-state index in [2.05, 4.69) is 9.72 Å². The standard InChI is InChI=1S/C16H18N2O4S/c1-22-16(19)15-9-14(10-17-15)23(20,21)18-8-7-13(11-18)12-5-3-2-4-6-12/h2-6,9-10,13,17H,7-8,11H2,1H3/t13-/m0/s1. The Bertz CT molecular complexity index is 798. The molecule has 0 unspecified atom stereocenters. The number of hydrogen-bond donors (Lipinski definition) is 1. The average Bonchev–Trinajstić information content (AvgIpc) is 3.25. The van der Waals surface area contributed by atoms with E-state index in [1.165, 1.54) is 23.7 Å². The van der Waals surface area contributed by atoms with Crippen molar-refractivity contribution in [3.63, 3.8) is 0 Å². The Hall–Kier alpha value is -2.12. The Morgan fingerprint density at radius 1 is 1.30 bits per heavy atom. The molecule has 1 aromatic heterocycles. The second kappa shape index (κ2) is 6.17. The van der Waals surface area contributed by atoms with Crippen LogP contribution in [0.4, 0.5) is 0 Å². The summed E-state index contributed by atoms with van der Waals surface area (Å²) in [5.74, 6) is -0.389. The third-order valence-electron chi connectivity index (χ3n) is 4.12. The number of H-pyrrole nitrogens is 1. The summed E-state index contributed by atoms with van der Waals surface area (Å²) in [6.07, 6.45) is 2.12. The van der Waals surface area contributed by atoms with E-state index in [-0.39, 0.29) is 16.5 Å². The highest BCUT2D eigenvalue weighted by Crippen LogP contribution is 2.31. The van der Waals surface area contributed by atoms with Gasteiger partial charge in [-0.15, -0.1) is 0 Å². The number of carbonyl (C=O) groups is 1. The number of rotatable bonds is 4. The van der Waals surface area contributed by atoms with Gasteiger partial charge in [-0.1, -0.05) is 30.3 Å². The van der Waals surface area contributed by atoms with Crippen LogP contribution in [-0.4, -0.2) is 43.9 Å². The van der Waals surface area contributed by atoms with Gasteiger partial charge in [0.15, 0.2) is 0 Å². The van der Waals surface area contributed by atoms with Crippen molar-refractivity contribution in [3.05, 3.63) is 53.9 Å². The average molecular weight is 334 g/mol. The Balaban J connectivity index is 1.79. The van der Waals surface area contributed by atoms with Gasteiger partial charge in [0.05, 0.1) is 7.11 Å². The Labute approximate surface area is 135 Å². The Morgan fingerprint density at radius 3 is 2.74 bits per heavy atom. The lowest BCUT2D eigenvalue weighted by atomic mass is 9.99. The fraction of sp³-hybridized carbons (Fsp3) is 0.312. The summed E-state index contributed by atoms with van der Waals surface area (Å²) in [6, 6.07) is 11.2. The molecule has 0 radical (unpaired) electrons. The number of hydrogen-bond acceptors (Lipinski definition) is 4. The molecule has 0 bridgehead atoms. The first kappa shape index (κ1) is 15.8. The first-order chi connectivity index (χ1) is 11.0. The molecular formula is C16H18N2O4S. The Kier molecular flexibility index (Phi) is 4.23. The van der Waals surface area contributed by atoms with Crippen molar-refractivity contribution in [2.24, 2.45) is 0 Å². The van der Waals surface area contributed by atoms with Gasteiger partial charge in [0.1, 0.15) is 10.6 Å². The maximum atomic E-state index is 12.7. The van der Waals surface area contributed by atoms with E-state index < -0.39 is 16.0 Å². The number of aromatic nitrogens is 1. The minimum Gasteiger partial charge on any atom is -0.464 e. The molecule has 0 amide bonds. The monoisotopic (exact) mass is 334 g/mol. The summed E-state index contributed by atoms with van der Waals surface area (Å²) in [4.78, 5) is 14.2. The van der Waals surface area contributed by atoms with Crippen LogP contribution in [0.25, 0.3) is 0 Å². The predicted octanol–water partition coefficient (Wildman–Crippen LogP) is 1.98. The zero-order valence-electron chi connectivity index (χ0n) is 12.7. The molecule has 23 heavy (non-hydrogen) atoms. The number of nitrogens with zero attached hydrogens (tertiary/aromatic N) is 1. The van der Waals surface area contributed by atoms with Crippen LogP contribution in [0, 0.1) is 0 Å². The zero-order chi connectivity index (χ0) is 16.4. The van der Waals surface area contributed by atoms with E-state index in [0.717, 1.165) is 12.0 Å². The van der Waals surface area contributed by atoms with Crippen LogP contribution in [0.3, 0.4) is 0 Å². The van der Waals surface area contributed by atoms with Gasteiger partial charge < -0.3 is 9.72 Å². The van der Waals surface area contributed by atoms with Crippen molar-refractivity contribution >= 4 is 16.0 Å². The quantitative estimate of drug-likeness (QED) is 0.867. The smallest absolute Gasteiger partial charge is 0.354 e. The lowest BCUT2D eigenvalue weighted by molar-refractivity contribution is 0.0595. The molecule has 0 saturated carbocycles. The summed E-state index contributed by atoms with van der Waals surface area (Å²) >= 11 is 0. The minimum absolute atomic E-state index is 0.0895. The second-order valence-electron chi connectivity index (χ2n) is 5.50. The number of sulfonamides is 1. The van der Waals surface area contributed by atoms with E-state index in [9.17, 15) is 13.2 Å². The molecule has 7 heteroatoms. The SMILES string of the molecule is COC(=O)c1cc(S(=O)(=O)N2CC[C@H](c3ccccc3)C2)c[nH]1. The predicted molar refractivity (Wildman–Crippen MR) is 84.7 cm³/mol. The number of carbonyl (C=O) groups excluding carboxylic acids is 1. The summed E-state index contributed by atoms with van der Waals surface area (Å²) in [6.45, 7) is 0.922. The normalized spacial score (nSPS) is 18.9. The van der Waals surface area contributed by atoms with Crippen LogP contribution in [0.15, 0.2) is 47.5 Å². The molecule has 0 spiro atoms. The molecule has 1 aliphatic rings. The number of esters is 1. The van der Waals surface area contributed by atoms with Crippen LogP contribution >= 0.6 is 0 Å². The van der Waals surface area contributed by atoms with Gasteiger partial charge in [-0.2, -0.15) is 4.31 Å². The molecule has 1 fully saturated rings. The molecule has 6 nitrogen and oxygen atoms in total. The van der Waals surface area contributed by atoms with Crippen molar-refractivity contribution in [2.45, 2.75) is 17.2 Å². The fourth-order valence-corrected chi connectivity index (χ4v) is 4.34. The van der Waals surface area contributed by atoms with Gasteiger partial charge in [-0.25, -0.2) is 13.2 Å². The van der Waals surface area contributed by atoms with E-state index in [1.54, 1.807) is 0 Å². The maximum absolute atomic E-state index is 12.7. The molecule has 3 rings (SSSR count). The molecular weight excluding hydrogens is 316 g/mol. The number of ether oxygens (including phenoxy) is 1. The molecule has 0 aliphatic carbocycles. The van der Waals surface area contributed by atoms with Gasteiger partial charge in [-0.3, -0.25) is 0 Å². The Morgan fingerprint density at radius 2 is 2.04 bits per heavy atom. The van der Waals surface area contributed by atoms with Crippen molar-refractivity contribution in [2.75, 3.05) is 20.2 Å². The van der Waals surface area contributed by atoms with Gasteiger partial charge >= 0.3 is 5.97 Å². The highest BCUT2D eigenvalue weighted by molar-refractivity contribution is 7.89. The summed E-state index contributed by atoms with van der Waals surface area (Å²) in [7, 11) is -2.35. The molecule has 2 heterocycles. The molecule has 1 saturated heterocycles. The zero-order valence-corrected chi connectivity index (χ0v) is 13.5. The maximum Gasteiger partial charge on any atom is 0.354 e. The minimum atomic E-state index is -3.61. The van der Waals surface area contributed by atoms with Crippen LogP contribution in [-0.2, 0) is 14.8 Å². The number of benzene rings is 1. The van der Waals surface area contributed by atoms with E-state index in [4.69, 9.17) is 0 Å². The first-order valence-corrected chi connectivity index (χ1v) is 8.78. The lowest BCUT2D eigenvalue weighted by Gasteiger charge is -2.15. The topological polar surface area (TPSA) is 79.5 Å². The third kappa shape index (κ3) is 3.02.